The van der Waals surface area contributed by atoms with Crippen LogP contribution in [0.15, 0.2) is 107 Å². The van der Waals surface area contributed by atoms with Crippen LogP contribution < -0.4 is 0 Å². The Balaban J connectivity index is 1.52. The second-order valence-electron chi connectivity index (χ2n) is 12.9. The lowest BCUT2D eigenvalue weighted by Gasteiger charge is -2.48. The van der Waals surface area contributed by atoms with Crippen LogP contribution in [0.5, 0.6) is 0 Å². The van der Waals surface area contributed by atoms with Crippen molar-refractivity contribution >= 4 is 37.1 Å². The van der Waals surface area contributed by atoms with Gasteiger partial charge in [-0.3, -0.25) is 4.79 Å². The van der Waals surface area contributed by atoms with Gasteiger partial charge in [-0.2, -0.15) is 0 Å². The Bertz CT molecular complexity index is 1950. The molecule has 0 N–H and O–H groups in total. The van der Waals surface area contributed by atoms with Crippen LogP contribution in [0.25, 0.3) is 0 Å². The van der Waals surface area contributed by atoms with Gasteiger partial charge in [-0.1, -0.05) is 90.8 Å². The Morgan fingerprint density at radius 2 is 1.30 bits per heavy atom. The highest BCUT2D eigenvalue weighted by Gasteiger charge is 2.56. The quantitative estimate of drug-likeness (QED) is 0.198. The van der Waals surface area contributed by atoms with Crippen molar-refractivity contribution in [3.05, 3.63) is 130 Å². The standard InChI is InChI=1S/C38H39ClO5S2/c1-4-26-11-13-27(14-12-26)31-21-34-33(23-37(31)45(41,42)30-19-9-24(2)10-20-30)35(40)22-32(28-15-17-29(39)18-16-28)38(34)46(43,44)36-8-6-5-7-25(36)3/h5-20,31-34,37-38H,4,21-23H2,1-3H3/t31?,32-,33+,34-,37?,38?/m0/s1. The second kappa shape index (κ2) is 12.7. The third-order valence-corrected chi connectivity index (χ3v) is 15.2. The van der Waals surface area contributed by atoms with Crippen LogP contribution in [0.1, 0.15) is 65.8 Å². The van der Waals surface area contributed by atoms with Crippen LogP contribution in [0.3, 0.4) is 0 Å². The number of benzene rings is 4. The highest BCUT2D eigenvalue weighted by molar-refractivity contribution is 7.92. The molecule has 5 nitrogen and oxygen atoms in total. The zero-order chi connectivity index (χ0) is 32.8. The monoisotopic (exact) mass is 674 g/mol. The van der Waals surface area contributed by atoms with Crippen molar-refractivity contribution < 1.29 is 21.6 Å². The average molecular weight is 675 g/mol. The zero-order valence-corrected chi connectivity index (χ0v) is 28.7. The van der Waals surface area contributed by atoms with Gasteiger partial charge in [0.05, 0.1) is 20.3 Å². The molecule has 240 valence electrons. The number of hydrogen-bond acceptors (Lipinski definition) is 5. The SMILES string of the molecule is CCc1ccc(C2C[C@@H]3C(S(=O)(=O)c4ccccc4C)[C@H](c4ccc(Cl)cc4)CC(=O)[C@@H]3CC2S(=O)(=O)c2ccc(C)cc2)cc1. The molecule has 0 bridgehead atoms. The van der Waals surface area contributed by atoms with E-state index in [1.54, 1.807) is 61.5 Å². The molecule has 8 heteroatoms. The van der Waals surface area contributed by atoms with Gasteiger partial charge >= 0.3 is 0 Å². The van der Waals surface area contributed by atoms with Gasteiger partial charge in [-0.25, -0.2) is 16.8 Å². The fourth-order valence-electron chi connectivity index (χ4n) is 7.80. The first-order chi connectivity index (χ1) is 21.9. The third kappa shape index (κ3) is 5.98. The molecule has 2 aliphatic carbocycles. The maximum absolute atomic E-state index is 14.8. The number of aryl methyl sites for hydroxylation is 3. The summed E-state index contributed by atoms with van der Waals surface area (Å²) in [7, 11) is -7.82. The van der Waals surface area contributed by atoms with E-state index in [1.165, 1.54) is 0 Å². The van der Waals surface area contributed by atoms with E-state index in [2.05, 4.69) is 6.92 Å². The van der Waals surface area contributed by atoms with Crippen molar-refractivity contribution in [3.63, 3.8) is 0 Å². The molecule has 4 aromatic carbocycles. The van der Waals surface area contributed by atoms with Gasteiger partial charge in [-0.05, 0) is 91.6 Å². The molecular formula is C38H39ClO5S2. The van der Waals surface area contributed by atoms with E-state index in [1.807, 2.05) is 49.4 Å². The van der Waals surface area contributed by atoms with Gasteiger partial charge in [0.1, 0.15) is 5.78 Å². The number of carbonyl (C=O) groups is 1. The summed E-state index contributed by atoms with van der Waals surface area (Å²) in [6.45, 7) is 5.77. The molecule has 0 aromatic heterocycles. The number of ketones is 1. The van der Waals surface area contributed by atoms with E-state index in [0.717, 1.165) is 28.7 Å². The first kappa shape index (κ1) is 32.7. The highest BCUT2D eigenvalue weighted by Crippen LogP contribution is 2.54. The van der Waals surface area contributed by atoms with Crippen LogP contribution in [0.4, 0.5) is 0 Å². The molecule has 0 aliphatic heterocycles. The first-order valence-corrected chi connectivity index (χ1v) is 19.4. The van der Waals surface area contributed by atoms with Gasteiger partial charge in [0.2, 0.25) is 0 Å². The third-order valence-electron chi connectivity index (χ3n) is 10.3. The van der Waals surface area contributed by atoms with Gasteiger partial charge in [0, 0.05) is 29.2 Å². The summed E-state index contributed by atoms with van der Waals surface area (Å²) >= 11 is 6.22. The predicted molar refractivity (Wildman–Crippen MR) is 183 cm³/mol. The molecule has 2 aliphatic rings. The fourth-order valence-corrected chi connectivity index (χ4v) is 12.5. The summed E-state index contributed by atoms with van der Waals surface area (Å²) in [5.41, 5.74) is 4.33. The van der Waals surface area contributed by atoms with Crippen molar-refractivity contribution in [2.75, 3.05) is 0 Å². The molecule has 0 spiro atoms. The number of sulfone groups is 2. The normalized spacial score (nSPS) is 25.2. The molecule has 0 radical (unpaired) electrons. The maximum atomic E-state index is 14.8. The molecule has 2 fully saturated rings. The predicted octanol–water partition coefficient (Wildman–Crippen LogP) is 8.07. The van der Waals surface area contributed by atoms with Crippen LogP contribution in [0.2, 0.25) is 5.02 Å². The first-order valence-electron chi connectivity index (χ1n) is 15.9. The average Bonchev–Trinajstić information content (AvgIpc) is 3.04. The molecule has 3 unspecified atom stereocenters. The largest absolute Gasteiger partial charge is 0.299 e. The summed E-state index contributed by atoms with van der Waals surface area (Å²) in [4.78, 5) is 14.6. The summed E-state index contributed by atoms with van der Waals surface area (Å²) in [6.07, 6.45) is 1.20. The van der Waals surface area contributed by atoms with Crippen LogP contribution in [-0.4, -0.2) is 33.1 Å². The Labute approximate surface area is 277 Å². The van der Waals surface area contributed by atoms with Crippen molar-refractivity contribution in [1.82, 2.24) is 0 Å². The molecule has 6 atom stereocenters. The van der Waals surface area contributed by atoms with E-state index < -0.39 is 53.8 Å². The number of rotatable bonds is 7. The molecule has 0 heterocycles. The molecule has 46 heavy (non-hydrogen) atoms. The van der Waals surface area contributed by atoms with E-state index in [0.29, 0.717) is 10.6 Å². The second-order valence-corrected chi connectivity index (χ2v) is 17.6. The lowest BCUT2D eigenvalue weighted by Crippen LogP contribution is -2.53. The van der Waals surface area contributed by atoms with Crippen molar-refractivity contribution in [2.24, 2.45) is 11.8 Å². The zero-order valence-electron chi connectivity index (χ0n) is 26.3. The van der Waals surface area contributed by atoms with Crippen molar-refractivity contribution in [3.8, 4) is 0 Å². The van der Waals surface area contributed by atoms with E-state index in [-0.39, 0.29) is 34.8 Å². The van der Waals surface area contributed by atoms with Gasteiger partial charge in [-0.15, -0.1) is 0 Å². The Morgan fingerprint density at radius 1 is 0.696 bits per heavy atom. The van der Waals surface area contributed by atoms with Crippen LogP contribution in [-0.2, 0) is 30.9 Å². The lowest BCUT2D eigenvalue weighted by molar-refractivity contribution is -0.128. The Morgan fingerprint density at radius 3 is 1.93 bits per heavy atom. The smallest absolute Gasteiger partial charge is 0.182 e. The maximum Gasteiger partial charge on any atom is 0.182 e. The highest BCUT2D eigenvalue weighted by atomic mass is 35.5. The Kier molecular flexibility index (Phi) is 9.05. The van der Waals surface area contributed by atoms with Crippen LogP contribution >= 0.6 is 11.6 Å². The van der Waals surface area contributed by atoms with E-state index >= 15 is 0 Å². The van der Waals surface area contributed by atoms with E-state index in [9.17, 15) is 21.6 Å². The fraction of sp³-hybridized carbons (Fsp3) is 0.342. The van der Waals surface area contributed by atoms with Gasteiger partial charge in [0.25, 0.3) is 0 Å². The van der Waals surface area contributed by atoms with E-state index in [4.69, 9.17) is 11.6 Å². The molecule has 4 aromatic rings. The number of halogens is 1. The number of carbonyl (C=O) groups excluding carboxylic acids is 1. The topological polar surface area (TPSA) is 85.3 Å². The van der Waals surface area contributed by atoms with Crippen LogP contribution in [0, 0.1) is 25.7 Å². The summed E-state index contributed by atoms with van der Waals surface area (Å²) in [6, 6.07) is 28.9. The summed E-state index contributed by atoms with van der Waals surface area (Å²) in [5.74, 6) is -2.45. The minimum absolute atomic E-state index is 0.0196. The molecular weight excluding hydrogens is 636 g/mol. The number of hydrogen-bond donors (Lipinski definition) is 0. The molecule has 0 amide bonds. The molecule has 0 saturated heterocycles. The summed E-state index contributed by atoms with van der Waals surface area (Å²) in [5, 5.41) is -1.26. The number of Topliss-reactive ketones (excluding diaryl/α,β-unsaturated/α-hetero) is 1. The summed E-state index contributed by atoms with van der Waals surface area (Å²) < 4.78 is 58.5. The minimum Gasteiger partial charge on any atom is -0.299 e. The minimum atomic E-state index is -3.95. The number of fused-ring (bicyclic) bond motifs is 1. The molecule has 6 rings (SSSR count). The molecule has 2 saturated carbocycles. The van der Waals surface area contributed by atoms with Gasteiger partial charge in [0.15, 0.2) is 19.7 Å². The van der Waals surface area contributed by atoms with Crippen molar-refractivity contribution in [1.29, 1.82) is 0 Å². The van der Waals surface area contributed by atoms with Crippen molar-refractivity contribution in [2.45, 2.75) is 78.6 Å². The lowest BCUT2D eigenvalue weighted by atomic mass is 9.61. The van der Waals surface area contributed by atoms with Gasteiger partial charge < -0.3 is 0 Å². The Hall–Kier alpha value is -3.26.